The fourth-order valence-electron chi connectivity index (χ4n) is 5.38. The molecule has 4 amide bonds. The summed E-state index contributed by atoms with van der Waals surface area (Å²) in [6, 6.07) is 5.78. The van der Waals surface area contributed by atoms with Gasteiger partial charge < -0.3 is 18.9 Å². The molecular weight excluding hydrogens is 791 g/mol. The molecule has 4 aromatic rings. The smallest absolute Gasteiger partial charge is 0.330 e. The van der Waals surface area contributed by atoms with Gasteiger partial charge in [0.15, 0.2) is 0 Å². The van der Waals surface area contributed by atoms with Gasteiger partial charge in [0.2, 0.25) is 30.0 Å². The number of sulfone groups is 2. The van der Waals surface area contributed by atoms with Crippen molar-refractivity contribution in [1.82, 2.24) is 19.9 Å². The van der Waals surface area contributed by atoms with Crippen LogP contribution < -0.4 is 38.5 Å². The van der Waals surface area contributed by atoms with Gasteiger partial charge in [0.05, 0.1) is 52.9 Å². The maximum Gasteiger partial charge on any atom is 0.330 e. The molecule has 2 aliphatic rings. The first-order valence-corrected chi connectivity index (χ1v) is 19.9. The number of carbonyl (C=O) groups excluding carboxylic acids is 2. The lowest BCUT2D eigenvalue weighted by atomic mass is 10.2. The highest BCUT2D eigenvalue weighted by atomic mass is 35.5. The molecule has 6 rings (SSSR count). The minimum atomic E-state index is -3.62. The van der Waals surface area contributed by atoms with Crippen LogP contribution in [0, 0.1) is 0 Å². The molecule has 2 aromatic heterocycles. The third kappa shape index (κ3) is 7.72. The summed E-state index contributed by atoms with van der Waals surface area (Å²) in [4.78, 5) is 47.0. The van der Waals surface area contributed by atoms with Gasteiger partial charge in [-0.15, -0.1) is 0 Å². The Hall–Kier alpha value is -5.18. The van der Waals surface area contributed by atoms with E-state index in [1.54, 1.807) is 18.2 Å². The number of urea groups is 2. The second-order valence-electron chi connectivity index (χ2n) is 11.7. The fraction of sp³-hybridized carbons (Fsp3) is 0.312. The number of amides is 4. The monoisotopic (exact) mass is 824 g/mol. The summed E-state index contributed by atoms with van der Waals surface area (Å²) in [5, 5.41) is -0.412. The quantitative estimate of drug-likeness (QED) is 0.228. The number of hydrogen-bond donors (Lipinski definition) is 0. The zero-order valence-electron chi connectivity index (χ0n) is 30.1. The van der Waals surface area contributed by atoms with E-state index in [1.165, 1.54) is 80.6 Å². The summed E-state index contributed by atoms with van der Waals surface area (Å²) in [6.45, 7) is 0.219. The minimum absolute atomic E-state index is 0.0261. The van der Waals surface area contributed by atoms with Crippen molar-refractivity contribution < 1.29 is 45.4 Å². The third-order valence-corrected chi connectivity index (χ3v) is 10.5. The molecule has 0 fully saturated rings. The van der Waals surface area contributed by atoms with Crippen molar-refractivity contribution in [2.24, 2.45) is 0 Å². The molecular formula is C32H34Cl2N8O10S2. The lowest BCUT2D eigenvalue weighted by molar-refractivity contribution is 0.250. The van der Waals surface area contributed by atoms with Crippen molar-refractivity contribution in [1.29, 1.82) is 0 Å². The molecule has 288 valence electrons. The van der Waals surface area contributed by atoms with Crippen LogP contribution in [-0.4, -0.2) is 104 Å². The third-order valence-electron chi connectivity index (χ3n) is 8.10. The zero-order chi connectivity index (χ0) is 39.9. The Balaban J connectivity index is 0.000000208. The van der Waals surface area contributed by atoms with Gasteiger partial charge in [-0.3, -0.25) is 19.6 Å². The Bertz CT molecular complexity index is 2330. The molecule has 0 radical (unpaired) electrons. The zero-order valence-corrected chi connectivity index (χ0v) is 33.3. The van der Waals surface area contributed by atoms with Crippen LogP contribution in [0.1, 0.15) is 11.1 Å². The molecule has 54 heavy (non-hydrogen) atoms. The highest BCUT2D eigenvalue weighted by Gasteiger charge is 2.36. The first kappa shape index (κ1) is 40.0. The molecule has 4 heterocycles. The van der Waals surface area contributed by atoms with Crippen LogP contribution in [-0.2, 0) is 32.8 Å². The Labute approximate surface area is 321 Å². The number of methoxy groups -OCH3 is 4. The van der Waals surface area contributed by atoms with Crippen molar-refractivity contribution in [3.05, 3.63) is 57.8 Å². The van der Waals surface area contributed by atoms with Gasteiger partial charge in [-0.05, 0) is 0 Å². The van der Waals surface area contributed by atoms with Gasteiger partial charge in [0.1, 0.15) is 44.7 Å². The Morgan fingerprint density at radius 1 is 0.630 bits per heavy atom. The van der Waals surface area contributed by atoms with E-state index in [9.17, 15) is 26.4 Å². The van der Waals surface area contributed by atoms with Gasteiger partial charge in [-0.2, -0.15) is 0 Å². The molecule has 0 unspecified atom stereocenters. The molecule has 2 aromatic carbocycles. The maximum atomic E-state index is 13.0. The Morgan fingerprint density at radius 3 is 1.43 bits per heavy atom. The average Bonchev–Trinajstić information content (AvgIpc) is 3.14. The van der Waals surface area contributed by atoms with Crippen LogP contribution in [0.4, 0.5) is 32.6 Å². The molecule has 0 aliphatic carbocycles. The number of ether oxygens (including phenoxy) is 4. The van der Waals surface area contributed by atoms with Crippen molar-refractivity contribution >= 4 is 77.9 Å². The van der Waals surface area contributed by atoms with Crippen LogP contribution >= 0.6 is 23.2 Å². The standard InChI is InChI=1S/C16H16Cl2N4O5S.C16H18N4O5S/c1-21-14-8(6-19-15(20-14)28(4,24)25)7-22(16(21)23)13-11(17)9(26-2)5-10(27-3)12(13)18;1-19-14-10(8-17-15(18-14)26(4,22)23)9-20(16(19)21)11-5-12(24-2)7-13(6-11)25-3/h5-6H,7H2,1-4H3;5-8H,9H2,1-4H3. The van der Waals surface area contributed by atoms with Gasteiger partial charge >= 0.3 is 12.1 Å². The summed E-state index contributed by atoms with van der Waals surface area (Å²) in [5.74, 6) is 2.12. The summed E-state index contributed by atoms with van der Waals surface area (Å²) in [7, 11) is 1.71. The van der Waals surface area contributed by atoms with E-state index >= 15 is 0 Å². The topological polar surface area (TPSA) is 204 Å². The molecule has 0 saturated heterocycles. The highest BCUT2D eigenvalue weighted by Crippen LogP contribution is 2.48. The van der Waals surface area contributed by atoms with Crippen molar-refractivity contribution in [3.63, 3.8) is 0 Å². The molecule has 2 aliphatic heterocycles. The molecule has 0 N–H and O–H groups in total. The Morgan fingerprint density at radius 2 is 1.04 bits per heavy atom. The lowest BCUT2D eigenvalue weighted by Gasteiger charge is -2.35. The van der Waals surface area contributed by atoms with Gasteiger partial charge in [0, 0.05) is 74.4 Å². The van der Waals surface area contributed by atoms with Crippen LogP contribution in [0.5, 0.6) is 23.0 Å². The predicted molar refractivity (Wildman–Crippen MR) is 199 cm³/mol. The van der Waals surface area contributed by atoms with E-state index in [0.29, 0.717) is 28.3 Å². The van der Waals surface area contributed by atoms with E-state index in [-0.39, 0.29) is 68.3 Å². The number of rotatable bonds is 8. The molecule has 0 saturated carbocycles. The number of nitrogens with zero attached hydrogens (tertiary/aromatic N) is 8. The van der Waals surface area contributed by atoms with E-state index < -0.39 is 25.7 Å². The van der Waals surface area contributed by atoms with E-state index in [0.717, 1.165) is 12.5 Å². The fourth-order valence-corrected chi connectivity index (χ4v) is 7.08. The summed E-state index contributed by atoms with van der Waals surface area (Å²) in [6.07, 6.45) is 4.79. The first-order valence-electron chi connectivity index (χ1n) is 15.4. The summed E-state index contributed by atoms with van der Waals surface area (Å²) < 4.78 is 67.8. The van der Waals surface area contributed by atoms with Crippen LogP contribution in [0.15, 0.2) is 47.0 Å². The molecule has 22 heteroatoms. The summed E-state index contributed by atoms with van der Waals surface area (Å²) in [5.41, 5.74) is 1.93. The largest absolute Gasteiger partial charge is 0.497 e. The number of benzene rings is 2. The lowest BCUT2D eigenvalue weighted by Crippen LogP contribution is -2.46. The first-order chi connectivity index (χ1) is 25.3. The SMILES string of the molecule is COc1cc(OC)c(Cl)c(N2Cc3cnc(S(C)(=O)=O)nc3N(C)C2=O)c1Cl.COc1cc(OC)cc(N2Cc3cnc(S(C)(=O)=O)nc3N(C)C2=O)c1. The molecule has 0 bridgehead atoms. The second kappa shape index (κ2) is 15.3. The number of fused-ring (bicyclic) bond motifs is 2. The molecule has 18 nitrogen and oxygen atoms in total. The number of halogens is 2. The average molecular weight is 826 g/mol. The Kier molecular flexibility index (Phi) is 11.3. The van der Waals surface area contributed by atoms with Crippen molar-refractivity contribution in [2.45, 2.75) is 23.4 Å². The van der Waals surface area contributed by atoms with Crippen LogP contribution in [0.3, 0.4) is 0 Å². The van der Waals surface area contributed by atoms with Gasteiger partial charge in [-0.1, -0.05) is 23.2 Å². The van der Waals surface area contributed by atoms with Crippen LogP contribution in [0.2, 0.25) is 10.0 Å². The number of anilines is 4. The molecule has 0 spiro atoms. The van der Waals surface area contributed by atoms with E-state index in [1.807, 2.05) is 0 Å². The normalized spacial score (nSPS) is 14.2. The van der Waals surface area contributed by atoms with Gasteiger partial charge in [0.25, 0.3) is 0 Å². The second-order valence-corrected chi connectivity index (χ2v) is 16.3. The maximum absolute atomic E-state index is 13.0. The van der Waals surface area contributed by atoms with Gasteiger partial charge in [-0.25, -0.2) is 46.4 Å². The molecule has 0 atom stereocenters. The number of carbonyl (C=O) groups is 2. The predicted octanol–water partition coefficient (Wildman–Crippen LogP) is 4.25. The van der Waals surface area contributed by atoms with E-state index in [4.69, 9.17) is 42.1 Å². The van der Waals surface area contributed by atoms with Crippen molar-refractivity contribution in [3.8, 4) is 23.0 Å². The minimum Gasteiger partial charge on any atom is -0.497 e. The number of hydrogen-bond acceptors (Lipinski definition) is 14. The van der Waals surface area contributed by atoms with Crippen molar-refractivity contribution in [2.75, 3.05) is 74.6 Å². The summed E-state index contributed by atoms with van der Waals surface area (Å²) >= 11 is 12.8. The highest BCUT2D eigenvalue weighted by molar-refractivity contribution is 7.90. The number of aromatic nitrogens is 4. The van der Waals surface area contributed by atoms with Crippen LogP contribution in [0.25, 0.3) is 0 Å². The van der Waals surface area contributed by atoms with E-state index in [2.05, 4.69) is 19.9 Å².